The van der Waals surface area contributed by atoms with E-state index in [9.17, 15) is 0 Å². The van der Waals surface area contributed by atoms with Crippen molar-refractivity contribution in [2.45, 2.75) is 65.1 Å². The molecule has 0 unspecified atom stereocenters. The Hall–Kier alpha value is -0.0731. The molecule has 0 heterocycles. The van der Waals surface area contributed by atoms with Gasteiger partial charge in [-0.05, 0) is 70.4 Å². The number of rotatable bonds is 9. The second-order valence-corrected chi connectivity index (χ2v) is 13.9. The first kappa shape index (κ1) is 21.0. The Morgan fingerprint density at radius 1 is 0.957 bits per heavy atom. The van der Waals surface area contributed by atoms with E-state index in [0.29, 0.717) is 16.6 Å². The van der Waals surface area contributed by atoms with Crippen LogP contribution < -0.4 is 4.90 Å². The van der Waals surface area contributed by atoms with Crippen LogP contribution in [0.4, 0.5) is 5.69 Å². The van der Waals surface area contributed by atoms with Gasteiger partial charge < -0.3 is 9.33 Å². The molecule has 0 aliphatic rings. The molecule has 0 saturated heterocycles. The Labute approximate surface area is 158 Å². The molecule has 0 saturated carbocycles. The predicted molar refractivity (Wildman–Crippen MR) is 114 cm³/mol. The molecule has 0 aliphatic carbocycles. The first-order chi connectivity index (χ1) is 10.8. The molecule has 1 rings (SSSR count). The van der Waals surface area contributed by atoms with Crippen molar-refractivity contribution in [2.24, 2.45) is 0 Å². The number of hydrogen-bond donors (Lipinski definition) is 0. The van der Waals surface area contributed by atoms with Crippen LogP contribution in [0.3, 0.4) is 0 Å². The van der Waals surface area contributed by atoms with E-state index in [1.165, 1.54) is 9.26 Å². The third-order valence-corrected chi connectivity index (χ3v) is 11.8. The second-order valence-electron chi connectivity index (χ2n) is 7.22. The Morgan fingerprint density at radius 2 is 1.43 bits per heavy atom. The normalized spacial score (nSPS) is 12.5. The summed E-state index contributed by atoms with van der Waals surface area (Å²) in [5, 5.41) is 0. The van der Waals surface area contributed by atoms with E-state index in [1.807, 2.05) is 0 Å². The maximum absolute atomic E-state index is 6.69. The van der Waals surface area contributed by atoms with E-state index in [4.69, 9.17) is 4.43 Å². The highest BCUT2D eigenvalue weighted by Crippen LogP contribution is 2.42. The lowest BCUT2D eigenvalue weighted by molar-refractivity contribution is 0.284. The number of anilines is 1. The zero-order chi connectivity index (χ0) is 17.6. The lowest BCUT2D eigenvalue weighted by Gasteiger charge is -2.42. The van der Waals surface area contributed by atoms with Gasteiger partial charge in [-0.25, -0.2) is 0 Å². The lowest BCUT2D eigenvalue weighted by Crippen LogP contribution is -2.49. The molecule has 0 fully saturated rings. The molecule has 4 heteroatoms. The minimum absolute atomic E-state index is 0.649. The first-order valence-corrected chi connectivity index (χ1v) is 12.1. The molecule has 132 valence electrons. The Kier molecular flexibility index (Phi) is 8.59. The average molecular weight is 447 g/mol. The van der Waals surface area contributed by atoms with Crippen LogP contribution in [-0.2, 0) is 4.43 Å². The molecule has 1 aromatic carbocycles. The summed E-state index contributed by atoms with van der Waals surface area (Å²) < 4.78 is 7.97. The van der Waals surface area contributed by atoms with Gasteiger partial charge in [-0.2, -0.15) is 0 Å². The molecule has 2 nitrogen and oxygen atoms in total. The summed E-state index contributed by atoms with van der Waals surface area (Å²) in [5.41, 5.74) is 3.24. The van der Waals surface area contributed by atoms with Crippen molar-refractivity contribution in [3.05, 3.63) is 27.8 Å². The quantitative estimate of drug-likeness (QED) is 0.325. The van der Waals surface area contributed by atoms with Crippen molar-refractivity contribution >= 4 is 36.6 Å². The summed E-state index contributed by atoms with van der Waals surface area (Å²) in [6.45, 7) is 19.1. The summed E-state index contributed by atoms with van der Waals surface area (Å²) in [7, 11) is -1.74. The van der Waals surface area contributed by atoms with Crippen molar-refractivity contribution in [1.29, 1.82) is 0 Å². The van der Waals surface area contributed by atoms with Gasteiger partial charge in [0.05, 0.1) is 6.61 Å². The zero-order valence-electron chi connectivity index (χ0n) is 15.9. The highest BCUT2D eigenvalue weighted by molar-refractivity contribution is 14.1. The number of halogens is 1. The highest BCUT2D eigenvalue weighted by atomic mass is 127. The smallest absolute Gasteiger partial charge is 0.200 e. The molecule has 0 N–H and O–H groups in total. The number of likely N-dealkylation sites (N-methyl/N-ethyl adjacent to an activating group) is 1. The molecule has 0 radical (unpaired) electrons. The largest absolute Gasteiger partial charge is 0.414 e. The maximum atomic E-state index is 6.69. The lowest BCUT2D eigenvalue weighted by atomic mass is 10.3. The Morgan fingerprint density at radius 3 is 1.83 bits per heavy atom. The molecule has 23 heavy (non-hydrogen) atoms. The van der Waals surface area contributed by atoms with Gasteiger partial charge in [0.25, 0.3) is 0 Å². The van der Waals surface area contributed by atoms with Crippen LogP contribution in [-0.4, -0.2) is 28.0 Å². The van der Waals surface area contributed by atoms with E-state index in [0.717, 1.165) is 19.7 Å². The van der Waals surface area contributed by atoms with Crippen molar-refractivity contribution in [3.63, 3.8) is 0 Å². The van der Waals surface area contributed by atoms with E-state index < -0.39 is 8.32 Å². The molecule has 0 amide bonds. The minimum atomic E-state index is -1.74. The third-order valence-electron chi connectivity index (χ3n) is 4.99. The molecule has 0 aliphatic heterocycles. The zero-order valence-corrected chi connectivity index (χ0v) is 19.1. The minimum Gasteiger partial charge on any atom is -0.414 e. The molecule has 0 spiro atoms. The summed E-state index contributed by atoms with van der Waals surface area (Å²) >= 11 is 2.36. The first-order valence-electron chi connectivity index (χ1n) is 8.90. The van der Waals surface area contributed by atoms with Crippen LogP contribution >= 0.6 is 22.6 Å². The van der Waals surface area contributed by atoms with Crippen LogP contribution in [0.15, 0.2) is 24.3 Å². The van der Waals surface area contributed by atoms with Crippen LogP contribution in [0.25, 0.3) is 0 Å². The van der Waals surface area contributed by atoms with Crippen LogP contribution in [0.2, 0.25) is 16.6 Å². The molecule has 0 bridgehead atoms. The van der Waals surface area contributed by atoms with Gasteiger partial charge in [0.15, 0.2) is 8.32 Å². The third kappa shape index (κ3) is 5.20. The van der Waals surface area contributed by atoms with Gasteiger partial charge in [-0.1, -0.05) is 41.5 Å². The topological polar surface area (TPSA) is 12.5 Å². The average Bonchev–Trinajstić information content (AvgIpc) is 2.47. The predicted octanol–water partition coefficient (Wildman–Crippen LogP) is 6.31. The second kappa shape index (κ2) is 9.42. The van der Waals surface area contributed by atoms with Crippen LogP contribution in [0, 0.1) is 3.57 Å². The van der Waals surface area contributed by atoms with Crippen molar-refractivity contribution in [3.8, 4) is 0 Å². The summed E-state index contributed by atoms with van der Waals surface area (Å²) in [5.74, 6) is 0. The fraction of sp³-hybridized carbons (Fsp3) is 0.684. The van der Waals surface area contributed by atoms with Gasteiger partial charge >= 0.3 is 0 Å². The van der Waals surface area contributed by atoms with E-state index >= 15 is 0 Å². The van der Waals surface area contributed by atoms with Crippen molar-refractivity contribution < 1.29 is 4.43 Å². The molecule has 0 aromatic heterocycles. The molecular formula is C19H34INOSi. The number of benzene rings is 1. The number of nitrogens with zero attached hydrogens (tertiary/aromatic N) is 1. The van der Waals surface area contributed by atoms with Gasteiger partial charge in [0.1, 0.15) is 0 Å². The standard InChI is InChI=1S/C19H34INOSi/c1-8-21(19-11-9-18(20)10-12-19)13-14-22-23(15(2)3,16(4)5)17(6)7/h9-12,15-17H,8,13-14H2,1-7H3. The summed E-state index contributed by atoms with van der Waals surface area (Å²) in [6.07, 6.45) is 0. The van der Waals surface area contributed by atoms with Crippen LogP contribution in [0.5, 0.6) is 0 Å². The molecular weight excluding hydrogens is 413 g/mol. The number of hydrogen-bond acceptors (Lipinski definition) is 2. The maximum Gasteiger partial charge on any atom is 0.200 e. The van der Waals surface area contributed by atoms with Gasteiger partial charge in [0.2, 0.25) is 0 Å². The summed E-state index contributed by atoms with van der Waals surface area (Å²) in [6, 6.07) is 8.77. The van der Waals surface area contributed by atoms with E-state index in [1.54, 1.807) is 0 Å². The Balaban J connectivity index is 2.76. The molecule has 0 atom stereocenters. The SMILES string of the molecule is CCN(CCO[Si](C(C)C)(C(C)C)C(C)C)c1ccc(I)cc1. The summed E-state index contributed by atoms with van der Waals surface area (Å²) in [4.78, 5) is 2.41. The van der Waals surface area contributed by atoms with E-state index in [-0.39, 0.29) is 0 Å². The fourth-order valence-corrected chi connectivity index (χ4v) is 9.76. The van der Waals surface area contributed by atoms with Gasteiger partial charge in [-0.3, -0.25) is 0 Å². The monoisotopic (exact) mass is 447 g/mol. The van der Waals surface area contributed by atoms with Crippen molar-refractivity contribution in [1.82, 2.24) is 0 Å². The van der Waals surface area contributed by atoms with E-state index in [2.05, 4.69) is 100 Å². The van der Waals surface area contributed by atoms with Crippen LogP contribution in [0.1, 0.15) is 48.5 Å². The highest BCUT2D eigenvalue weighted by Gasteiger charge is 2.44. The molecule has 1 aromatic rings. The van der Waals surface area contributed by atoms with Gasteiger partial charge in [-0.15, -0.1) is 0 Å². The van der Waals surface area contributed by atoms with Crippen molar-refractivity contribution in [2.75, 3.05) is 24.6 Å². The Bertz CT molecular complexity index is 437. The fourth-order valence-electron chi connectivity index (χ4n) is 3.95. The van der Waals surface area contributed by atoms with Gasteiger partial charge in [0, 0.05) is 22.3 Å².